The summed E-state index contributed by atoms with van der Waals surface area (Å²) in [6.45, 7) is 13.6. The summed E-state index contributed by atoms with van der Waals surface area (Å²) >= 11 is 1.45. The SMILES string of the molecule is CN(C(=O)C1(CC(=O)OC(C)(C)C)Cc2ccccc2C1)c1nc2cc(B3OC(C)(C)C(C)(C)O3)ccc2s1. The van der Waals surface area contributed by atoms with Gasteiger partial charge in [-0.3, -0.25) is 14.5 Å². The van der Waals surface area contributed by atoms with E-state index >= 15 is 0 Å². The zero-order chi connectivity index (χ0) is 28.4. The van der Waals surface area contributed by atoms with Gasteiger partial charge < -0.3 is 14.0 Å². The maximum atomic E-state index is 14.2. The van der Waals surface area contributed by atoms with Crippen molar-refractivity contribution in [3.63, 3.8) is 0 Å². The van der Waals surface area contributed by atoms with Gasteiger partial charge in [0.2, 0.25) is 5.91 Å². The van der Waals surface area contributed by atoms with Gasteiger partial charge in [-0.2, -0.15) is 0 Å². The van der Waals surface area contributed by atoms with Crippen LogP contribution in [0.4, 0.5) is 5.13 Å². The van der Waals surface area contributed by atoms with Crippen LogP contribution in [0, 0.1) is 5.41 Å². The van der Waals surface area contributed by atoms with Crippen molar-refractivity contribution in [1.29, 1.82) is 0 Å². The first kappa shape index (κ1) is 27.8. The van der Waals surface area contributed by atoms with E-state index in [1.165, 1.54) is 11.3 Å². The summed E-state index contributed by atoms with van der Waals surface area (Å²) in [4.78, 5) is 33.6. The molecule has 1 amide bonds. The van der Waals surface area contributed by atoms with E-state index in [0.717, 1.165) is 26.8 Å². The van der Waals surface area contributed by atoms with Crippen LogP contribution in [0.15, 0.2) is 42.5 Å². The highest BCUT2D eigenvalue weighted by Crippen LogP contribution is 2.43. The molecule has 2 aromatic carbocycles. The molecule has 9 heteroatoms. The number of fused-ring (bicyclic) bond motifs is 2. The summed E-state index contributed by atoms with van der Waals surface area (Å²) in [5.41, 5.74) is 1.44. The fraction of sp³-hybridized carbons (Fsp3) is 0.500. The van der Waals surface area contributed by atoms with E-state index in [0.29, 0.717) is 18.0 Å². The van der Waals surface area contributed by atoms with Crippen LogP contribution in [-0.2, 0) is 36.5 Å². The first-order chi connectivity index (χ1) is 18.1. The number of carbonyl (C=O) groups excluding carboxylic acids is 2. The molecule has 1 aliphatic heterocycles. The van der Waals surface area contributed by atoms with Crippen LogP contribution >= 0.6 is 11.3 Å². The van der Waals surface area contributed by atoms with Gasteiger partial charge in [-0.15, -0.1) is 0 Å². The lowest BCUT2D eigenvalue weighted by Gasteiger charge is -2.32. The minimum Gasteiger partial charge on any atom is -0.460 e. The van der Waals surface area contributed by atoms with Gasteiger partial charge in [-0.25, -0.2) is 4.98 Å². The minimum atomic E-state index is -0.924. The molecule has 0 saturated carbocycles. The second-order valence-electron chi connectivity index (χ2n) is 12.8. The zero-order valence-electron chi connectivity index (χ0n) is 24.1. The van der Waals surface area contributed by atoms with Crippen LogP contribution in [0.1, 0.15) is 66.0 Å². The van der Waals surface area contributed by atoms with Crippen molar-refractivity contribution in [2.45, 2.75) is 84.5 Å². The monoisotopic (exact) mass is 548 g/mol. The topological polar surface area (TPSA) is 78.0 Å². The number of anilines is 1. The highest BCUT2D eigenvalue weighted by molar-refractivity contribution is 7.22. The molecule has 2 heterocycles. The number of thiazole rings is 1. The van der Waals surface area contributed by atoms with Gasteiger partial charge in [0, 0.05) is 7.05 Å². The normalized spacial score (nSPS) is 19.2. The molecule has 39 heavy (non-hydrogen) atoms. The van der Waals surface area contributed by atoms with Crippen molar-refractivity contribution >= 4 is 51.1 Å². The number of benzene rings is 2. The fourth-order valence-corrected chi connectivity index (χ4v) is 6.25. The van der Waals surface area contributed by atoms with E-state index in [1.807, 2.05) is 90.9 Å². The van der Waals surface area contributed by atoms with Gasteiger partial charge in [0.1, 0.15) is 5.60 Å². The van der Waals surface area contributed by atoms with Gasteiger partial charge >= 0.3 is 13.1 Å². The Balaban J connectivity index is 1.42. The molecule has 0 unspecified atom stereocenters. The summed E-state index contributed by atoms with van der Waals surface area (Å²) in [6, 6.07) is 14.0. The molecule has 0 bridgehead atoms. The third kappa shape index (κ3) is 5.24. The van der Waals surface area contributed by atoms with Crippen molar-refractivity contribution in [3.05, 3.63) is 53.6 Å². The number of aromatic nitrogens is 1. The standard InChI is InChI=1S/C30H37BN2O5S/c1-27(2,3)36-24(34)18-30(16-19-11-9-10-12-20(19)17-30)25(35)33(8)26-32-22-15-21(13-14-23(22)39-26)31-37-28(4,5)29(6,7)38-31/h9-15H,16-18H2,1-8H3. The molecule has 5 rings (SSSR count). The number of carbonyl (C=O) groups is 2. The Morgan fingerprint density at radius 3 is 2.18 bits per heavy atom. The molecule has 1 aliphatic carbocycles. The van der Waals surface area contributed by atoms with E-state index in [2.05, 4.69) is 0 Å². The number of amides is 1. The largest absolute Gasteiger partial charge is 0.494 e. The molecule has 1 saturated heterocycles. The maximum absolute atomic E-state index is 14.2. The molecule has 7 nitrogen and oxygen atoms in total. The molecular weight excluding hydrogens is 511 g/mol. The number of esters is 1. The summed E-state index contributed by atoms with van der Waals surface area (Å²) in [6.07, 6.45) is 0.990. The molecule has 0 radical (unpaired) electrons. The number of hydrogen-bond donors (Lipinski definition) is 0. The minimum absolute atomic E-state index is 0.0130. The van der Waals surface area contributed by atoms with Crippen molar-refractivity contribution < 1.29 is 23.6 Å². The van der Waals surface area contributed by atoms with E-state index in [9.17, 15) is 9.59 Å². The summed E-state index contributed by atoms with van der Waals surface area (Å²) in [7, 11) is 1.26. The Labute approximate surface area is 235 Å². The van der Waals surface area contributed by atoms with Crippen molar-refractivity contribution in [2.75, 3.05) is 11.9 Å². The lowest BCUT2D eigenvalue weighted by atomic mass is 9.79. The zero-order valence-corrected chi connectivity index (χ0v) is 24.9. The van der Waals surface area contributed by atoms with Gasteiger partial charge in [-0.1, -0.05) is 41.7 Å². The van der Waals surface area contributed by atoms with Gasteiger partial charge in [0.15, 0.2) is 5.13 Å². The smallest absolute Gasteiger partial charge is 0.460 e. The van der Waals surface area contributed by atoms with Gasteiger partial charge in [0.05, 0.1) is 33.3 Å². The maximum Gasteiger partial charge on any atom is 0.494 e. The second kappa shape index (κ2) is 9.42. The molecule has 1 fully saturated rings. The summed E-state index contributed by atoms with van der Waals surface area (Å²) in [5, 5.41) is 0.584. The number of hydrogen-bond acceptors (Lipinski definition) is 7. The molecule has 206 valence electrons. The van der Waals surface area contributed by atoms with Crippen LogP contribution in [0.25, 0.3) is 10.2 Å². The Morgan fingerprint density at radius 2 is 1.62 bits per heavy atom. The van der Waals surface area contributed by atoms with E-state index in [1.54, 1.807) is 11.9 Å². The van der Waals surface area contributed by atoms with Crippen LogP contribution in [-0.4, -0.2) is 47.8 Å². The molecule has 2 aliphatic rings. The van der Waals surface area contributed by atoms with E-state index < -0.39 is 29.3 Å². The van der Waals surface area contributed by atoms with Crippen LogP contribution in [0.3, 0.4) is 0 Å². The number of rotatable bonds is 5. The fourth-order valence-electron chi connectivity index (χ4n) is 5.34. The third-order valence-corrected chi connectivity index (χ3v) is 9.16. The Morgan fingerprint density at radius 1 is 1.03 bits per heavy atom. The molecule has 0 spiro atoms. The second-order valence-corrected chi connectivity index (χ2v) is 13.9. The average Bonchev–Trinajstić information content (AvgIpc) is 3.47. The lowest BCUT2D eigenvalue weighted by Crippen LogP contribution is -2.45. The predicted molar refractivity (Wildman–Crippen MR) is 155 cm³/mol. The summed E-state index contributed by atoms with van der Waals surface area (Å²) in [5.74, 6) is -0.497. The van der Waals surface area contributed by atoms with E-state index in [-0.39, 0.29) is 18.3 Å². The molecule has 0 atom stereocenters. The van der Waals surface area contributed by atoms with E-state index in [4.69, 9.17) is 19.0 Å². The van der Waals surface area contributed by atoms with Crippen molar-refractivity contribution in [1.82, 2.24) is 4.98 Å². The van der Waals surface area contributed by atoms with Crippen molar-refractivity contribution in [3.8, 4) is 0 Å². The molecule has 0 N–H and O–H groups in total. The number of ether oxygens (including phenoxy) is 1. The Bertz CT molecular complexity index is 1400. The quantitative estimate of drug-likeness (QED) is 0.327. The molecule has 1 aromatic heterocycles. The average molecular weight is 549 g/mol. The highest BCUT2D eigenvalue weighted by atomic mass is 32.1. The van der Waals surface area contributed by atoms with Crippen LogP contribution < -0.4 is 10.4 Å². The van der Waals surface area contributed by atoms with Crippen LogP contribution in [0.5, 0.6) is 0 Å². The molecular formula is C30H37BN2O5S. The summed E-state index contributed by atoms with van der Waals surface area (Å²) < 4.78 is 19.0. The van der Waals surface area contributed by atoms with Crippen molar-refractivity contribution in [2.24, 2.45) is 5.41 Å². The first-order valence-electron chi connectivity index (χ1n) is 13.4. The Hall–Kier alpha value is -2.75. The third-order valence-electron chi connectivity index (χ3n) is 8.05. The van der Waals surface area contributed by atoms with Crippen LogP contribution in [0.2, 0.25) is 0 Å². The van der Waals surface area contributed by atoms with Gasteiger partial charge in [0.25, 0.3) is 0 Å². The first-order valence-corrected chi connectivity index (χ1v) is 14.2. The predicted octanol–water partition coefficient (Wildman–Crippen LogP) is 5.08. The number of nitrogens with zero attached hydrogens (tertiary/aromatic N) is 2. The Kier molecular flexibility index (Phi) is 6.72. The highest BCUT2D eigenvalue weighted by Gasteiger charge is 2.52. The van der Waals surface area contributed by atoms with Gasteiger partial charge in [-0.05, 0) is 90.0 Å². The lowest BCUT2D eigenvalue weighted by molar-refractivity contribution is -0.159. The molecule has 3 aromatic rings.